The smallest absolute Gasteiger partial charge is 0.244 e. The van der Waals surface area contributed by atoms with Crippen molar-refractivity contribution < 1.29 is 4.79 Å². The third-order valence-electron chi connectivity index (χ3n) is 6.27. The van der Waals surface area contributed by atoms with Gasteiger partial charge in [0.05, 0.1) is 29.1 Å². The normalized spacial score (nSPS) is 16.6. The van der Waals surface area contributed by atoms with E-state index in [2.05, 4.69) is 39.9 Å². The van der Waals surface area contributed by atoms with Crippen LogP contribution in [0.1, 0.15) is 28.8 Å². The van der Waals surface area contributed by atoms with Gasteiger partial charge in [0.1, 0.15) is 5.15 Å². The molecule has 6 heteroatoms. The van der Waals surface area contributed by atoms with E-state index >= 15 is 0 Å². The van der Waals surface area contributed by atoms with Crippen LogP contribution in [0.4, 0.5) is 0 Å². The molecule has 1 aromatic heterocycles. The number of halogens is 1. The van der Waals surface area contributed by atoms with Crippen LogP contribution in [0.5, 0.6) is 0 Å². The molecule has 0 radical (unpaired) electrons. The van der Waals surface area contributed by atoms with Gasteiger partial charge in [0, 0.05) is 5.41 Å². The molecule has 5 rings (SSSR count). The number of rotatable bonds is 6. The van der Waals surface area contributed by atoms with E-state index in [1.165, 1.54) is 0 Å². The summed E-state index contributed by atoms with van der Waals surface area (Å²) in [6, 6.07) is 30.1. The van der Waals surface area contributed by atoms with Crippen LogP contribution in [0.15, 0.2) is 96.1 Å². The lowest BCUT2D eigenvalue weighted by atomic mass is 9.85. The molecule has 1 heterocycles. The van der Waals surface area contributed by atoms with Crippen LogP contribution in [0, 0.1) is 12.8 Å². The maximum atomic E-state index is 13.1. The number of carbonyl (C=O) groups excluding carboxylic acids is 1. The van der Waals surface area contributed by atoms with Gasteiger partial charge in [-0.25, -0.2) is 10.1 Å². The summed E-state index contributed by atoms with van der Waals surface area (Å²) in [5.41, 5.74) is 6.96. The lowest BCUT2D eigenvalue weighted by Crippen LogP contribution is -2.25. The summed E-state index contributed by atoms with van der Waals surface area (Å²) in [7, 11) is 0. The van der Waals surface area contributed by atoms with Crippen molar-refractivity contribution in [2.24, 2.45) is 11.0 Å². The van der Waals surface area contributed by atoms with E-state index in [4.69, 9.17) is 11.6 Å². The summed E-state index contributed by atoms with van der Waals surface area (Å²) in [5.74, 6) is -0.300. The van der Waals surface area contributed by atoms with E-state index in [1.54, 1.807) is 10.9 Å². The largest absolute Gasteiger partial charge is 0.273 e. The first kappa shape index (κ1) is 21.2. The third-order valence-corrected chi connectivity index (χ3v) is 6.64. The first-order valence-electron chi connectivity index (χ1n) is 10.9. The number of nitrogens with one attached hydrogen (secondary N) is 1. The highest BCUT2D eigenvalue weighted by molar-refractivity contribution is 6.32. The van der Waals surface area contributed by atoms with Crippen molar-refractivity contribution in [3.05, 3.63) is 119 Å². The second-order valence-electron chi connectivity index (χ2n) is 8.23. The van der Waals surface area contributed by atoms with E-state index in [1.807, 2.05) is 73.7 Å². The van der Waals surface area contributed by atoms with Crippen molar-refractivity contribution >= 4 is 23.7 Å². The fraction of sp³-hybridized carbons (Fsp3) is 0.148. The molecule has 0 aliphatic heterocycles. The van der Waals surface area contributed by atoms with Crippen molar-refractivity contribution in [2.75, 3.05) is 0 Å². The molecule has 0 bridgehead atoms. The average molecular weight is 455 g/mol. The first-order valence-corrected chi connectivity index (χ1v) is 11.2. The molecular formula is C27H23ClN4O. The van der Waals surface area contributed by atoms with E-state index in [-0.39, 0.29) is 17.2 Å². The zero-order valence-corrected chi connectivity index (χ0v) is 18.9. The Balaban J connectivity index is 1.35. The molecule has 1 fully saturated rings. The molecule has 164 valence electrons. The van der Waals surface area contributed by atoms with Crippen LogP contribution < -0.4 is 5.43 Å². The second-order valence-corrected chi connectivity index (χ2v) is 8.59. The Morgan fingerprint density at radius 3 is 2.12 bits per heavy atom. The summed E-state index contributed by atoms with van der Waals surface area (Å²) in [5, 5.41) is 9.18. The molecule has 4 aromatic rings. The average Bonchev–Trinajstić information content (AvgIpc) is 3.57. The van der Waals surface area contributed by atoms with Gasteiger partial charge in [0.25, 0.3) is 0 Å². The van der Waals surface area contributed by atoms with Gasteiger partial charge in [-0.2, -0.15) is 10.2 Å². The fourth-order valence-corrected chi connectivity index (χ4v) is 4.81. The van der Waals surface area contributed by atoms with E-state index in [0.29, 0.717) is 10.7 Å². The molecule has 1 aliphatic carbocycles. The van der Waals surface area contributed by atoms with Crippen molar-refractivity contribution in [1.82, 2.24) is 15.2 Å². The summed E-state index contributed by atoms with van der Waals surface area (Å²) in [6.07, 6.45) is 2.31. The number of carbonyl (C=O) groups is 1. The van der Waals surface area contributed by atoms with Crippen LogP contribution in [0.2, 0.25) is 5.15 Å². The molecule has 3 aromatic carbocycles. The molecule has 0 saturated heterocycles. The number of hydrogen-bond donors (Lipinski definition) is 1. The maximum absolute atomic E-state index is 13.1. The predicted molar refractivity (Wildman–Crippen MR) is 131 cm³/mol. The highest BCUT2D eigenvalue weighted by Gasteiger charge is 2.60. The Morgan fingerprint density at radius 1 is 1.00 bits per heavy atom. The van der Waals surface area contributed by atoms with Crippen LogP contribution in [-0.4, -0.2) is 21.9 Å². The number of aryl methyl sites for hydroxylation is 1. The Bertz CT molecular complexity index is 1260. The minimum absolute atomic E-state index is 0.108. The first-order chi connectivity index (χ1) is 16.1. The number of aromatic nitrogens is 2. The van der Waals surface area contributed by atoms with E-state index in [0.717, 1.165) is 28.9 Å². The number of hydrazone groups is 1. The van der Waals surface area contributed by atoms with Crippen LogP contribution in [0.25, 0.3) is 5.69 Å². The summed E-state index contributed by atoms with van der Waals surface area (Å²) >= 11 is 6.56. The molecule has 33 heavy (non-hydrogen) atoms. The molecule has 1 N–H and O–H groups in total. The SMILES string of the molecule is Cc1nn(-c2ccccc2)c(Cl)c1/C=N\NC(=O)[C@@H]1CC1(c1ccccc1)c1ccccc1. The quantitative estimate of drug-likeness (QED) is 0.318. The second kappa shape index (κ2) is 8.68. The lowest BCUT2D eigenvalue weighted by Gasteiger charge is -2.18. The lowest BCUT2D eigenvalue weighted by molar-refractivity contribution is -0.122. The molecule has 1 amide bonds. The van der Waals surface area contributed by atoms with Gasteiger partial charge >= 0.3 is 0 Å². The Labute approximate surface area is 197 Å². The number of nitrogens with zero attached hydrogens (tertiary/aromatic N) is 3. The maximum Gasteiger partial charge on any atom is 0.244 e. The van der Waals surface area contributed by atoms with Gasteiger partial charge in [-0.15, -0.1) is 0 Å². The van der Waals surface area contributed by atoms with Crippen molar-refractivity contribution in [2.45, 2.75) is 18.8 Å². The van der Waals surface area contributed by atoms with Crippen molar-refractivity contribution in [1.29, 1.82) is 0 Å². The van der Waals surface area contributed by atoms with Crippen molar-refractivity contribution in [3.8, 4) is 5.69 Å². The molecule has 0 unspecified atom stereocenters. The Morgan fingerprint density at radius 2 is 1.55 bits per heavy atom. The van der Waals surface area contributed by atoms with Gasteiger partial charge in [-0.3, -0.25) is 4.79 Å². The minimum Gasteiger partial charge on any atom is -0.273 e. The van der Waals surface area contributed by atoms with E-state index in [9.17, 15) is 4.79 Å². The molecule has 1 saturated carbocycles. The molecular weight excluding hydrogens is 432 g/mol. The van der Waals surface area contributed by atoms with E-state index < -0.39 is 0 Å². The topological polar surface area (TPSA) is 59.3 Å². The number of para-hydroxylation sites is 1. The van der Waals surface area contributed by atoms with Crippen LogP contribution in [0.3, 0.4) is 0 Å². The Hall–Kier alpha value is -3.70. The van der Waals surface area contributed by atoms with Crippen molar-refractivity contribution in [3.63, 3.8) is 0 Å². The zero-order chi connectivity index (χ0) is 22.8. The van der Waals surface area contributed by atoms with Gasteiger partial charge in [-0.05, 0) is 36.6 Å². The minimum atomic E-state index is -0.326. The van der Waals surface area contributed by atoms with Crippen LogP contribution in [-0.2, 0) is 10.2 Å². The van der Waals surface area contributed by atoms with Gasteiger partial charge in [0.15, 0.2) is 0 Å². The molecule has 1 aliphatic rings. The monoisotopic (exact) mass is 454 g/mol. The van der Waals surface area contributed by atoms with Gasteiger partial charge in [-0.1, -0.05) is 90.5 Å². The summed E-state index contributed by atoms with van der Waals surface area (Å²) in [6.45, 7) is 1.87. The summed E-state index contributed by atoms with van der Waals surface area (Å²) in [4.78, 5) is 13.1. The predicted octanol–water partition coefficient (Wildman–Crippen LogP) is 5.29. The summed E-state index contributed by atoms with van der Waals surface area (Å²) < 4.78 is 1.66. The number of benzene rings is 3. The number of amides is 1. The number of hydrogen-bond acceptors (Lipinski definition) is 3. The van der Waals surface area contributed by atoms with Gasteiger partial charge in [0.2, 0.25) is 5.91 Å². The highest BCUT2D eigenvalue weighted by atomic mass is 35.5. The van der Waals surface area contributed by atoms with Gasteiger partial charge < -0.3 is 0 Å². The highest BCUT2D eigenvalue weighted by Crippen LogP contribution is 2.58. The third kappa shape index (κ3) is 3.85. The standard InChI is InChI=1S/C27H23ClN4O/c1-19-23(25(28)32(31-19)22-15-9-4-10-16-22)18-29-30-26(33)24-17-27(24,20-11-5-2-6-12-20)21-13-7-3-8-14-21/h2-16,18,24H,17H2,1H3,(H,30,33)/b29-18-/t24-/m0/s1. The van der Waals surface area contributed by atoms with Crippen LogP contribution >= 0.6 is 11.6 Å². The fourth-order valence-electron chi connectivity index (χ4n) is 4.49. The zero-order valence-electron chi connectivity index (χ0n) is 18.1. The Kier molecular flexibility index (Phi) is 5.56. The molecule has 0 spiro atoms. The molecule has 5 nitrogen and oxygen atoms in total. The molecule has 1 atom stereocenters.